The van der Waals surface area contributed by atoms with Crippen molar-refractivity contribution in [3.8, 4) is 0 Å². The monoisotopic (exact) mass is 319 g/mol. The lowest BCUT2D eigenvalue weighted by molar-refractivity contribution is -0.133. The van der Waals surface area contributed by atoms with E-state index in [2.05, 4.69) is 10.4 Å². The summed E-state index contributed by atoms with van der Waals surface area (Å²) in [5.74, 6) is -0.337. The van der Waals surface area contributed by atoms with Gasteiger partial charge in [-0.1, -0.05) is 23.7 Å². The molecule has 1 aliphatic carbocycles. The molecule has 116 valence electrons. The van der Waals surface area contributed by atoms with Gasteiger partial charge >= 0.3 is 0 Å². The third-order valence-corrected chi connectivity index (χ3v) is 4.25. The normalized spacial score (nSPS) is 16.6. The Bertz CT molecular complexity index is 660. The van der Waals surface area contributed by atoms with Crippen LogP contribution in [0.15, 0.2) is 36.7 Å². The lowest BCUT2D eigenvalue weighted by Gasteiger charge is -2.20. The standard InChI is InChI=1S/C16H18ClN3O2/c17-13-5-3-12(4-6-13)10-20-11-14(9-18-20)19-15(21)16(22)7-1-2-8-16/h3-6,9,11,22H,1-2,7-8,10H2,(H,19,21). The number of nitrogens with zero attached hydrogens (tertiary/aromatic N) is 2. The fourth-order valence-electron chi connectivity index (χ4n) is 2.73. The first-order valence-electron chi connectivity index (χ1n) is 7.36. The highest BCUT2D eigenvalue weighted by atomic mass is 35.5. The van der Waals surface area contributed by atoms with Gasteiger partial charge in [0.25, 0.3) is 5.91 Å². The largest absolute Gasteiger partial charge is 0.380 e. The average molecular weight is 320 g/mol. The zero-order chi connectivity index (χ0) is 15.6. The molecule has 0 atom stereocenters. The number of carbonyl (C=O) groups is 1. The summed E-state index contributed by atoms with van der Waals surface area (Å²) < 4.78 is 1.73. The van der Waals surface area contributed by atoms with Crippen molar-refractivity contribution in [1.82, 2.24) is 9.78 Å². The topological polar surface area (TPSA) is 67.2 Å². The minimum absolute atomic E-state index is 0.337. The van der Waals surface area contributed by atoms with Gasteiger partial charge in [0.2, 0.25) is 0 Å². The molecular weight excluding hydrogens is 302 g/mol. The summed E-state index contributed by atoms with van der Waals surface area (Å²) in [5.41, 5.74) is 0.442. The molecule has 3 rings (SSSR count). The summed E-state index contributed by atoms with van der Waals surface area (Å²) in [4.78, 5) is 12.1. The number of carbonyl (C=O) groups excluding carboxylic acids is 1. The van der Waals surface area contributed by atoms with Gasteiger partial charge in [-0.15, -0.1) is 0 Å². The van der Waals surface area contributed by atoms with Crippen LogP contribution in [0.3, 0.4) is 0 Å². The van der Waals surface area contributed by atoms with Crippen LogP contribution in [0.1, 0.15) is 31.2 Å². The van der Waals surface area contributed by atoms with Gasteiger partial charge in [0.1, 0.15) is 5.60 Å². The predicted molar refractivity (Wildman–Crippen MR) is 84.8 cm³/mol. The molecule has 0 aliphatic heterocycles. The number of nitrogens with one attached hydrogen (secondary N) is 1. The number of amides is 1. The van der Waals surface area contributed by atoms with Gasteiger partial charge in [-0.25, -0.2) is 0 Å². The van der Waals surface area contributed by atoms with Crippen LogP contribution < -0.4 is 5.32 Å². The fraction of sp³-hybridized carbons (Fsp3) is 0.375. The van der Waals surface area contributed by atoms with E-state index in [1.165, 1.54) is 0 Å². The van der Waals surface area contributed by atoms with Crippen LogP contribution in [-0.2, 0) is 11.3 Å². The van der Waals surface area contributed by atoms with Crippen molar-refractivity contribution in [3.05, 3.63) is 47.2 Å². The SMILES string of the molecule is O=C(Nc1cnn(Cc2ccc(Cl)cc2)c1)C1(O)CCCC1. The first-order chi connectivity index (χ1) is 10.5. The molecule has 1 amide bonds. The predicted octanol–water partition coefficient (Wildman–Crippen LogP) is 2.83. The zero-order valence-corrected chi connectivity index (χ0v) is 12.9. The molecule has 2 aromatic rings. The number of anilines is 1. The summed E-state index contributed by atoms with van der Waals surface area (Å²) in [5, 5.41) is 17.9. The zero-order valence-electron chi connectivity index (χ0n) is 12.1. The molecule has 22 heavy (non-hydrogen) atoms. The Hall–Kier alpha value is -1.85. The van der Waals surface area contributed by atoms with E-state index in [1.807, 2.05) is 24.3 Å². The molecule has 0 bridgehead atoms. The van der Waals surface area contributed by atoms with E-state index in [0.717, 1.165) is 18.4 Å². The van der Waals surface area contributed by atoms with Gasteiger partial charge in [-0.2, -0.15) is 5.10 Å². The Morgan fingerprint density at radius 3 is 2.68 bits per heavy atom. The molecule has 5 nitrogen and oxygen atoms in total. The second-order valence-corrected chi connectivity index (χ2v) is 6.18. The number of hydrogen-bond donors (Lipinski definition) is 2. The number of hydrogen-bond acceptors (Lipinski definition) is 3. The molecule has 1 fully saturated rings. The van der Waals surface area contributed by atoms with Crippen molar-refractivity contribution in [2.24, 2.45) is 0 Å². The molecule has 1 aromatic carbocycles. The van der Waals surface area contributed by atoms with Crippen LogP contribution in [0.25, 0.3) is 0 Å². The van der Waals surface area contributed by atoms with Crippen LogP contribution in [-0.4, -0.2) is 26.4 Å². The minimum Gasteiger partial charge on any atom is -0.380 e. The summed E-state index contributed by atoms with van der Waals surface area (Å²) >= 11 is 5.86. The van der Waals surface area contributed by atoms with E-state index in [-0.39, 0.29) is 5.91 Å². The van der Waals surface area contributed by atoms with Crippen LogP contribution in [0.2, 0.25) is 5.02 Å². The Kier molecular flexibility index (Phi) is 4.18. The van der Waals surface area contributed by atoms with Crippen molar-refractivity contribution >= 4 is 23.2 Å². The third kappa shape index (κ3) is 3.31. The molecule has 0 spiro atoms. The van der Waals surface area contributed by atoms with Crippen LogP contribution in [0.4, 0.5) is 5.69 Å². The van der Waals surface area contributed by atoms with Crippen molar-refractivity contribution in [3.63, 3.8) is 0 Å². The Morgan fingerprint density at radius 2 is 2.00 bits per heavy atom. The van der Waals surface area contributed by atoms with Crippen LogP contribution >= 0.6 is 11.6 Å². The molecule has 2 N–H and O–H groups in total. The number of halogens is 1. The summed E-state index contributed by atoms with van der Waals surface area (Å²) in [7, 11) is 0. The Balaban J connectivity index is 1.63. The van der Waals surface area contributed by atoms with E-state index in [0.29, 0.717) is 30.1 Å². The van der Waals surface area contributed by atoms with Crippen LogP contribution in [0, 0.1) is 0 Å². The summed E-state index contributed by atoms with van der Waals surface area (Å²) in [6, 6.07) is 7.53. The van der Waals surface area contributed by atoms with E-state index in [1.54, 1.807) is 17.1 Å². The van der Waals surface area contributed by atoms with Gasteiger partial charge in [-0.05, 0) is 43.4 Å². The van der Waals surface area contributed by atoms with E-state index < -0.39 is 5.60 Å². The highest BCUT2D eigenvalue weighted by Crippen LogP contribution is 2.30. The van der Waals surface area contributed by atoms with Gasteiger partial charge < -0.3 is 10.4 Å². The smallest absolute Gasteiger partial charge is 0.256 e. The van der Waals surface area contributed by atoms with E-state index >= 15 is 0 Å². The highest BCUT2D eigenvalue weighted by Gasteiger charge is 2.38. The number of aliphatic hydroxyl groups is 1. The van der Waals surface area contributed by atoms with E-state index in [4.69, 9.17) is 11.6 Å². The van der Waals surface area contributed by atoms with Gasteiger partial charge in [0, 0.05) is 11.2 Å². The maximum Gasteiger partial charge on any atom is 0.256 e. The van der Waals surface area contributed by atoms with Crippen molar-refractivity contribution in [2.75, 3.05) is 5.32 Å². The van der Waals surface area contributed by atoms with Crippen molar-refractivity contribution in [1.29, 1.82) is 0 Å². The molecule has 0 radical (unpaired) electrons. The lowest BCUT2D eigenvalue weighted by Crippen LogP contribution is -2.40. The summed E-state index contributed by atoms with van der Waals surface area (Å²) in [6.07, 6.45) is 6.17. The number of rotatable bonds is 4. The quantitative estimate of drug-likeness (QED) is 0.910. The molecule has 0 unspecified atom stereocenters. The van der Waals surface area contributed by atoms with E-state index in [9.17, 15) is 9.90 Å². The molecule has 1 heterocycles. The molecular formula is C16H18ClN3O2. The first kappa shape index (κ1) is 15.1. The lowest BCUT2D eigenvalue weighted by atomic mass is 10.0. The van der Waals surface area contributed by atoms with Crippen molar-refractivity contribution in [2.45, 2.75) is 37.8 Å². The van der Waals surface area contributed by atoms with Gasteiger partial charge in [-0.3, -0.25) is 9.48 Å². The average Bonchev–Trinajstić information content (AvgIpc) is 3.12. The molecule has 1 saturated carbocycles. The Labute approximate surface area is 133 Å². The maximum absolute atomic E-state index is 12.1. The van der Waals surface area contributed by atoms with Gasteiger partial charge in [0.05, 0.1) is 18.4 Å². The van der Waals surface area contributed by atoms with Crippen molar-refractivity contribution < 1.29 is 9.90 Å². The number of benzene rings is 1. The number of aromatic nitrogens is 2. The maximum atomic E-state index is 12.1. The van der Waals surface area contributed by atoms with Gasteiger partial charge in [0.15, 0.2) is 0 Å². The fourth-order valence-corrected chi connectivity index (χ4v) is 2.85. The third-order valence-electron chi connectivity index (χ3n) is 4.00. The molecule has 1 aromatic heterocycles. The Morgan fingerprint density at radius 1 is 1.32 bits per heavy atom. The molecule has 1 aliphatic rings. The second kappa shape index (κ2) is 6.10. The molecule has 6 heteroatoms. The highest BCUT2D eigenvalue weighted by molar-refractivity contribution is 6.30. The van der Waals surface area contributed by atoms with Crippen LogP contribution in [0.5, 0.6) is 0 Å². The summed E-state index contributed by atoms with van der Waals surface area (Å²) in [6.45, 7) is 0.595. The first-order valence-corrected chi connectivity index (χ1v) is 7.74. The molecule has 0 saturated heterocycles. The second-order valence-electron chi connectivity index (χ2n) is 5.75. The minimum atomic E-state index is -1.22.